The summed E-state index contributed by atoms with van der Waals surface area (Å²) in [7, 11) is 0. The molecular formula is C24H23FN4O2S. The fourth-order valence-electron chi connectivity index (χ4n) is 3.50. The monoisotopic (exact) mass is 450 g/mol. The number of carbonyl (C=O) groups is 2. The molecule has 32 heavy (non-hydrogen) atoms. The molecular weight excluding hydrogens is 427 g/mol. The molecule has 0 aliphatic heterocycles. The number of carbonyl (C=O) groups excluding carboxylic acids is 2. The van der Waals surface area contributed by atoms with Crippen molar-refractivity contribution in [1.29, 1.82) is 0 Å². The molecule has 0 saturated heterocycles. The van der Waals surface area contributed by atoms with Gasteiger partial charge in [-0.1, -0.05) is 24.3 Å². The predicted molar refractivity (Wildman–Crippen MR) is 123 cm³/mol. The van der Waals surface area contributed by atoms with Crippen molar-refractivity contribution in [2.75, 3.05) is 6.54 Å². The number of para-hydroxylation sites is 2. The lowest BCUT2D eigenvalue weighted by atomic mass is 10.1. The summed E-state index contributed by atoms with van der Waals surface area (Å²) in [5.41, 5.74) is 3.27. The SMILES string of the molecule is O=C(CCCNC(=O)c1ccsc1)N[C@H](Cn1cnc2ccccc21)c1ccc(F)cc1. The van der Waals surface area contributed by atoms with Gasteiger partial charge in [0.05, 0.1) is 23.4 Å². The van der Waals surface area contributed by atoms with Gasteiger partial charge in [0, 0.05) is 30.5 Å². The molecule has 8 heteroatoms. The first-order chi connectivity index (χ1) is 15.6. The van der Waals surface area contributed by atoms with Gasteiger partial charge in [0.15, 0.2) is 0 Å². The van der Waals surface area contributed by atoms with E-state index in [1.807, 2.05) is 34.2 Å². The Morgan fingerprint density at radius 1 is 1.09 bits per heavy atom. The summed E-state index contributed by atoms with van der Waals surface area (Å²) in [4.78, 5) is 29.0. The molecule has 2 aromatic heterocycles. The molecule has 6 nitrogen and oxygen atoms in total. The maximum atomic E-state index is 13.4. The zero-order chi connectivity index (χ0) is 22.3. The molecule has 0 fully saturated rings. The average molecular weight is 451 g/mol. The van der Waals surface area contributed by atoms with Crippen LogP contribution in [-0.2, 0) is 11.3 Å². The second-order valence-electron chi connectivity index (χ2n) is 7.43. The van der Waals surface area contributed by atoms with Gasteiger partial charge in [0.25, 0.3) is 5.91 Å². The van der Waals surface area contributed by atoms with Crippen molar-refractivity contribution in [3.05, 3.63) is 88.6 Å². The van der Waals surface area contributed by atoms with Crippen LogP contribution in [0.15, 0.2) is 71.7 Å². The van der Waals surface area contributed by atoms with Gasteiger partial charge in [-0.25, -0.2) is 9.37 Å². The lowest BCUT2D eigenvalue weighted by Gasteiger charge is -2.20. The molecule has 4 rings (SSSR count). The van der Waals surface area contributed by atoms with E-state index in [0.29, 0.717) is 25.1 Å². The highest BCUT2D eigenvalue weighted by Gasteiger charge is 2.17. The first-order valence-corrected chi connectivity index (χ1v) is 11.3. The van der Waals surface area contributed by atoms with E-state index in [9.17, 15) is 14.0 Å². The third-order valence-corrected chi connectivity index (χ3v) is 5.85. The van der Waals surface area contributed by atoms with E-state index in [2.05, 4.69) is 15.6 Å². The lowest BCUT2D eigenvalue weighted by Crippen LogP contribution is -2.32. The Balaban J connectivity index is 1.38. The predicted octanol–water partition coefficient (Wildman–Crippen LogP) is 4.30. The van der Waals surface area contributed by atoms with Crippen molar-refractivity contribution in [2.24, 2.45) is 0 Å². The van der Waals surface area contributed by atoms with Crippen LogP contribution in [0.5, 0.6) is 0 Å². The number of hydrogen-bond acceptors (Lipinski definition) is 4. The van der Waals surface area contributed by atoms with Crippen molar-refractivity contribution in [1.82, 2.24) is 20.2 Å². The van der Waals surface area contributed by atoms with Gasteiger partial charge < -0.3 is 15.2 Å². The molecule has 1 atom stereocenters. The number of fused-ring (bicyclic) bond motifs is 1. The number of benzene rings is 2. The van der Waals surface area contributed by atoms with Gasteiger partial charge in [-0.05, 0) is 47.7 Å². The van der Waals surface area contributed by atoms with Gasteiger partial charge in [-0.3, -0.25) is 9.59 Å². The van der Waals surface area contributed by atoms with Crippen LogP contribution in [0.4, 0.5) is 4.39 Å². The third-order valence-electron chi connectivity index (χ3n) is 5.16. The first-order valence-electron chi connectivity index (χ1n) is 10.4. The van der Waals surface area contributed by atoms with Gasteiger partial charge >= 0.3 is 0 Å². The van der Waals surface area contributed by atoms with Crippen molar-refractivity contribution < 1.29 is 14.0 Å². The number of amides is 2. The van der Waals surface area contributed by atoms with Crippen LogP contribution >= 0.6 is 11.3 Å². The summed E-state index contributed by atoms with van der Waals surface area (Å²) in [6.45, 7) is 0.877. The zero-order valence-electron chi connectivity index (χ0n) is 17.3. The summed E-state index contributed by atoms with van der Waals surface area (Å²) in [6.07, 6.45) is 2.53. The highest BCUT2D eigenvalue weighted by Crippen LogP contribution is 2.20. The number of imidazole rings is 1. The van der Waals surface area contributed by atoms with E-state index in [1.165, 1.54) is 23.5 Å². The Morgan fingerprint density at radius 3 is 2.69 bits per heavy atom. The molecule has 2 N–H and O–H groups in total. The second kappa shape index (κ2) is 10.2. The Labute approximate surface area is 189 Å². The summed E-state index contributed by atoms with van der Waals surface area (Å²) < 4.78 is 15.4. The van der Waals surface area contributed by atoms with E-state index in [0.717, 1.165) is 16.6 Å². The van der Waals surface area contributed by atoms with Gasteiger partial charge in [-0.2, -0.15) is 11.3 Å². The number of rotatable bonds is 9. The molecule has 4 aromatic rings. The highest BCUT2D eigenvalue weighted by molar-refractivity contribution is 7.08. The van der Waals surface area contributed by atoms with Crippen molar-refractivity contribution >= 4 is 34.2 Å². The number of nitrogens with zero attached hydrogens (tertiary/aromatic N) is 2. The molecule has 0 bridgehead atoms. The maximum absolute atomic E-state index is 13.4. The fraction of sp³-hybridized carbons (Fsp3) is 0.208. The number of nitrogens with one attached hydrogen (secondary N) is 2. The molecule has 0 radical (unpaired) electrons. The quantitative estimate of drug-likeness (QED) is 0.373. The van der Waals surface area contributed by atoms with E-state index in [4.69, 9.17) is 0 Å². The normalized spacial score (nSPS) is 11.9. The van der Waals surface area contributed by atoms with Crippen molar-refractivity contribution in [2.45, 2.75) is 25.4 Å². The fourth-order valence-corrected chi connectivity index (χ4v) is 4.13. The molecule has 0 aliphatic carbocycles. The van der Waals surface area contributed by atoms with E-state index in [-0.39, 0.29) is 30.1 Å². The van der Waals surface area contributed by atoms with E-state index in [1.54, 1.807) is 29.9 Å². The summed E-state index contributed by atoms with van der Waals surface area (Å²) in [5.74, 6) is -0.593. The van der Waals surface area contributed by atoms with Crippen LogP contribution < -0.4 is 10.6 Å². The van der Waals surface area contributed by atoms with Crippen LogP contribution in [-0.4, -0.2) is 27.9 Å². The number of thiophene rings is 1. The Morgan fingerprint density at radius 2 is 1.91 bits per heavy atom. The number of halogens is 1. The van der Waals surface area contributed by atoms with Crippen LogP contribution in [0.3, 0.4) is 0 Å². The summed E-state index contributed by atoms with van der Waals surface area (Å²) in [5, 5.41) is 9.51. The van der Waals surface area contributed by atoms with E-state index < -0.39 is 0 Å². The van der Waals surface area contributed by atoms with Crippen LogP contribution in [0.2, 0.25) is 0 Å². The van der Waals surface area contributed by atoms with Gasteiger partial charge in [0.1, 0.15) is 5.82 Å². The number of aromatic nitrogens is 2. The van der Waals surface area contributed by atoms with Gasteiger partial charge in [-0.15, -0.1) is 0 Å². The Hall–Kier alpha value is -3.52. The highest BCUT2D eigenvalue weighted by atomic mass is 32.1. The average Bonchev–Trinajstić information content (AvgIpc) is 3.47. The molecule has 0 unspecified atom stereocenters. The van der Waals surface area contributed by atoms with Crippen molar-refractivity contribution in [3.8, 4) is 0 Å². The smallest absolute Gasteiger partial charge is 0.252 e. The number of hydrogen-bond donors (Lipinski definition) is 2. The van der Waals surface area contributed by atoms with Crippen molar-refractivity contribution in [3.63, 3.8) is 0 Å². The van der Waals surface area contributed by atoms with Crippen LogP contribution in [0, 0.1) is 5.82 Å². The van der Waals surface area contributed by atoms with Gasteiger partial charge in [0.2, 0.25) is 5.91 Å². The maximum Gasteiger partial charge on any atom is 0.252 e. The minimum Gasteiger partial charge on any atom is -0.352 e. The molecule has 0 spiro atoms. The van der Waals surface area contributed by atoms with E-state index >= 15 is 0 Å². The van der Waals surface area contributed by atoms with Crippen LogP contribution in [0.25, 0.3) is 11.0 Å². The first kappa shape index (κ1) is 21.7. The Kier molecular flexibility index (Phi) is 6.91. The molecule has 2 amide bonds. The lowest BCUT2D eigenvalue weighted by molar-refractivity contribution is -0.122. The molecule has 2 heterocycles. The van der Waals surface area contributed by atoms with Crippen LogP contribution in [0.1, 0.15) is 34.8 Å². The topological polar surface area (TPSA) is 76.0 Å². The minimum absolute atomic E-state index is 0.131. The summed E-state index contributed by atoms with van der Waals surface area (Å²) >= 11 is 1.46. The molecule has 2 aromatic carbocycles. The second-order valence-corrected chi connectivity index (χ2v) is 8.21. The zero-order valence-corrected chi connectivity index (χ0v) is 18.1. The Bertz CT molecular complexity index is 1190. The summed E-state index contributed by atoms with van der Waals surface area (Å²) in [6, 6.07) is 15.3. The molecule has 0 aliphatic rings. The molecule has 164 valence electrons. The standard InChI is InChI=1S/C24H23FN4O2S/c25-19-9-7-17(8-10-19)21(14-29-16-27-20-4-1-2-5-22(20)29)28-23(30)6-3-12-26-24(31)18-11-13-32-15-18/h1-2,4-5,7-11,13,15-16,21H,3,6,12,14H2,(H,26,31)(H,28,30)/t21-/m1/s1. The minimum atomic E-state index is -0.346. The largest absolute Gasteiger partial charge is 0.352 e. The third kappa shape index (κ3) is 5.39. The molecule has 0 saturated carbocycles.